The highest BCUT2D eigenvalue weighted by molar-refractivity contribution is 5.93. The Kier molecular flexibility index (Phi) is 5.72. The van der Waals surface area contributed by atoms with Gasteiger partial charge < -0.3 is 10.2 Å². The van der Waals surface area contributed by atoms with Crippen LogP contribution in [0.5, 0.6) is 0 Å². The zero-order valence-electron chi connectivity index (χ0n) is 17.0. The largest absolute Gasteiger partial charge is 0.357 e. The fourth-order valence-electron chi connectivity index (χ4n) is 3.91. The SMILES string of the molecule is CCn1c(N2CCCC(C(=O)Nc3cc(C)cc(C)c3)C2)cc(=O)n(C)c1=O. The minimum atomic E-state index is -0.327. The monoisotopic (exact) mass is 384 g/mol. The summed E-state index contributed by atoms with van der Waals surface area (Å²) in [6.07, 6.45) is 1.62. The molecule has 28 heavy (non-hydrogen) atoms. The predicted molar refractivity (Wildman–Crippen MR) is 111 cm³/mol. The van der Waals surface area contributed by atoms with E-state index in [0.717, 1.165) is 40.8 Å². The number of aromatic nitrogens is 2. The van der Waals surface area contributed by atoms with E-state index in [4.69, 9.17) is 0 Å². The van der Waals surface area contributed by atoms with Crippen molar-refractivity contribution < 1.29 is 4.79 Å². The number of rotatable bonds is 4. The van der Waals surface area contributed by atoms with Gasteiger partial charge in [-0.1, -0.05) is 6.07 Å². The fourth-order valence-corrected chi connectivity index (χ4v) is 3.91. The molecule has 1 aromatic heterocycles. The van der Waals surface area contributed by atoms with Gasteiger partial charge in [-0.2, -0.15) is 0 Å². The van der Waals surface area contributed by atoms with E-state index in [1.807, 2.05) is 37.8 Å². The van der Waals surface area contributed by atoms with Crippen molar-refractivity contribution in [1.82, 2.24) is 9.13 Å². The quantitative estimate of drug-likeness (QED) is 0.875. The van der Waals surface area contributed by atoms with Gasteiger partial charge in [-0.15, -0.1) is 0 Å². The molecular formula is C21H28N4O3. The number of piperidine rings is 1. The van der Waals surface area contributed by atoms with Crippen LogP contribution in [-0.4, -0.2) is 28.1 Å². The van der Waals surface area contributed by atoms with Crippen LogP contribution in [0.15, 0.2) is 33.9 Å². The summed E-state index contributed by atoms with van der Waals surface area (Å²) in [5, 5.41) is 3.03. The third-order valence-electron chi connectivity index (χ3n) is 5.30. The van der Waals surface area contributed by atoms with E-state index in [1.165, 1.54) is 13.1 Å². The summed E-state index contributed by atoms with van der Waals surface area (Å²) in [5.74, 6) is 0.377. The van der Waals surface area contributed by atoms with Gasteiger partial charge in [0.25, 0.3) is 5.56 Å². The van der Waals surface area contributed by atoms with E-state index in [2.05, 4.69) is 11.4 Å². The van der Waals surface area contributed by atoms with Gasteiger partial charge in [-0.05, 0) is 56.9 Å². The number of amides is 1. The van der Waals surface area contributed by atoms with Crippen molar-refractivity contribution in [2.45, 2.75) is 40.2 Å². The first-order valence-corrected chi connectivity index (χ1v) is 9.75. The van der Waals surface area contributed by atoms with Crippen molar-refractivity contribution in [3.8, 4) is 0 Å². The molecule has 0 aliphatic carbocycles. The summed E-state index contributed by atoms with van der Waals surface area (Å²) in [5.41, 5.74) is 2.36. The van der Waals surface area contributed by atoms with Crippen LogP contribution in [0.1, 0.15) is 30.9 Å². The molecule has 1 saturated heterocycles. The number of carbonyl (C=O) groups excluding carboxylic acids is 1. The molecule has 1 fully saturated rings. The Morgan fingerprint density at radius 1 is 1.14 bits per heavy atom. The third-order valence-corrected chi connectivity index (χ3v) is 5.30. The third kappa shape index (κ3) is 4.03. The van der Waals surface area contributed by atoms with Gasteiger partial charge >= 0.3 is 5.69 Å². The molecule has 1 N–H and O–H groups in total. The number of anilines is 2. The Bertz CT molecular complexity index is 985. The lowest BCUT2D eigenvalue weighted by Crippen LogP contribution is -2.46. The van der Waals surface area contributed by atoms with E-state index in [9.17, 15) is 14.4 Å². The molecule has 150 valence electrons. The van der Waals surface area contributed by atoms with Crippen molar-refractivity contribution in [3.63, 3.8) is 0 Å². The van der Waals surface area contributed by atoms with Crippen molar-refractivity contribution >= 4 is 17.4 Å². The maximum absolute atomic E-state index is 12.8. The van der Waals surface area contributed by atoms with E-state index in [0.29, 0.717) is 18.9 Å². The highest BCUT2D eigenvalue weighted by Crippen LogP contribution is 2.23. The molecule has 1 atom stereocenters. The van der Waals surface area contributed by atoms with Crippen LogP contribution in [-0.2, 0) is 18.4 Å². The molecule has 2 aromatic rings. The second-order valence-electron chi connectivity index (χ2n) is 7.58. The van der Waals surface area contributed by atoms with Crippen molar-refractivity contribution in [2.75, 3.05) is 23.3 Å². The van der Waals surface area contributed by atoms with Crippen LogP contribution >= 0.6 is 0 Å². The summed E-state index contributed by atoms with van der Waals surface area (Å²) in [4.78, 5) is 39.4. The maximum atomic E-state index is 12.8. The Morgan fingerprint density at radius 3 is 2.46 bits per heavy atom. The Labute approximate surface area is 164 Å². The standard InChI is InChI=1S/C21H28N4O3/c1-5-25-18(12-19(26)23(4)21(25)28)24-8-6-7-16(13-24)20(27)22-17-10-14(2)9-15(3)11-17/h9-12,16H,5-8,13H2,1-4H3,(H,22,27). The van der Waals surface area contributed by atoms with Gasteiger partial charge in [0.05, 0.1) is 5.92 Å². The highest BCUT2D eigenvalue weighted by atomic mass is 16.2. The van der Waals surface area contributed by atoms with Gasteiger partial charge in [0.15, 0.2) is 0 Å². The average molecular weight is 384 g/mol. The van der Waals surface area contributed by atoms with Gasteiger partial charge in [-0.25, -0.2) is 4.79 Å². The minimum Gasteiger partial charge on any atom is -0.357 e. The maximum Gasteiger partial charge on any atom is 0.332 e. The molecule has 7 nitrogen and oxygen atoms in total. The molecule has 2 heterocycles. The van der Waals surface area contributed by atoms with Crippen LogP contribution in [0.4, 0.5) is 11.5 Å². The molecule has 0 saturated carbocycles. The summed E-state index contributed by atoms with van der Waals surface area (Å²) >= 11 is 0. The Balaban J connectivity index is 1.82. The van der Waals surface area contributed by atoms with Crippen LogP contribution < -0.4 is 21.5 Å². The number of hydrogen-bond donors (Lipinski definition) is 1. The smallest absolute Gasteiger partial charge is 0.332 e. The first-order chi connectivity index (χ1) is 13.3. The number of carbonyl (C=O) groups is 1. The Hall–Kier alpha value is -2.83. The molecule has 0 spiro atoms. The van der Waals surface area contributed by atoms with Crippen LogP contribution in [0.3, 0.4) is 0 Å². The van der Waals surface area contributed by atoms with E-state index >= 15 is 0 Å². The van der Waals surface area contributed by atoms with Gasteiger partial charge in [0, 0.05) is 38.4 Å². The molecule has 1 aliphatic rings. The van der Waals surface area contributed by atoms with Crippen molar-refractivity contribution in [1.29, 1.82) is 0 Å². The van der Waals surface area contributed by atoms with Crippen LogP contribution in [0.2, 0.25) is 0 Å². The molecule has 1 amide bonds. The van der Waals surface area contributed by atoms with Crippen LogP contribution in [0.25, 0.3) is 0 Å². The highest BCUT2D eigenvalue weighted by Gasteiger charge is 2.28. The van der Waals surface area contributed by atoms with Gasteiger partial charge in [0.2, 0.25) is 5.91 Å². The number of benzene rings is 1. The normalized spacial score (nSPS) is 16.9. The fraction of sp³-hybridized carbons (Fsp3) is 0.476. The van der Waals surface area contributed by atoms with E-state index in [1.54, 1.807) is 4.57 Å². The molecule has 0 radical (unpaired) electrons. The predicted octanol–water partition coefficient (Wildman–Crippen LogP) is 2.04. The Morgan fingerprint density at radius 2 is 1.82 bits per heavy atom. The zero-order valence-corrected chi connectivity index (χ0v) is 17.0. The van der Waals surface area contributed by atoms with Crippen molar-refractivity contribution in [2.24, 2.45) is 13.0 Å². The number of nitrogens with one attached hydrogen (secondary N) is 1. The molecule has 7 heteroatoms. The van der Waals surface area contributed by atoms with Gasteiger partial charge in [-0.3, -0.25) is 18.7 Å². The summed E-state index contributed by atoms with van der Waals surface area (Å²) in [6.45, 7) is 7.57. The molecule has 1 unspecified atom stereocenters. The molecule has 1 aromatic carbocycles. The second kappa shape index (κ2) is 8.04. The topological polar surface area (TPSA) is 76.3 Å². The van der Waals surface area contributed by atoms with Crippen LogP contribution in [0, 0.1) is 19.8 Å². The van der Waals surface area contributed by atoms with E-state index in [-0.39, 0.29) is 23.1 Å². The second-order valence-corrected chi connectivity index (χ2v) is 7.58. The first kappa shape index (κ1) is 19.9. The number of hydrogen-bond acceptors (Lipinski definition) is 4. The zero-order chi connectivity index (χ0) is 20.4. The summed E-state index contributed by atoms with van der Waals surface area (Å²) < 4.78 is 2.70. The minimum absolute atomic E-state index is 0.0241. The molecule has 0 bridgehead atoms. The number of aryl methyl sites for hydroxylation is 2. The lowest BCUT2D eigenvalue weighted by atomic mass is 9.97. The lowest BCUT2D eigenvalue weighted by Gasteiger charge is -2.34. The molecule has 1 aliphatic heterocycles. The van der Waals surface area contributed by atoms with E-state index < -0.39 is 0 Å². The van der Waals surface area contributed by atoms with Crippen molar-refractivity contribution in [3.05, 3.63) is 56.2 Å². The number of nitrogens with zero attached hydrogens (tertiary/aromatic N) is 3. The molecular weight excluding hydrogens is 356 g/mol. The summed E-state index contributed by atoms with van der Waals surface area (Å²) in [7, 11) is 1.48. The lowest BCUT2D eigenvalue weighted by molar-refractivity contribution is -0.120. The van der Waals surface area contributed by atoms with Gasteiger partial charge in [0.1, 0.15) is 5.82 Å². The average Bonchev–Trinajstić information content (AvgIpc) is 2.65. The summed E-state index contributed by atoms with van der Waals surface area (Å²) in [6, 6.07) is 7.48. The first-order valence-electron chi connectivity index (χ1n) is 9.75. The molecule has 3 rings (SSSR count).